The molecule has 1 atom stereocenters. The lowest BCUT2D eigenvalue weighted by Gasteiger charge is -2.29. The first-order chi connectivity index (χ1) is 5.65. The largest absolute Gasteiger partial charge is 0.294 e. The van der Waals surface area contributed by atoms with Gasteiger partial charge in [-0.05, 0) is 6.92 Å². The van der Waals surface area contributed by atoms with E-state index in [0.717, 1.165) is 0 Å². The first-order valence-electron chi connectivity index (χ1n) is 3.60. The molecule has 64 valence electrons. The number of nitrogens with zero attached hydrogens (tertiary/aromatic N) is 2. The molecule has 5 nitrogen and oxygen atoms in total. The van der Waals surface area contributed by atoms with Gasteiger partial charge in [0.1, 0.15) is 0 Å². The average Bonchev–Trinajstić information content (AvgIpc) is 2.00. The van der Waals surface area contributed by atoms with E-state index in [-0.39, 0.29) is 30.9 Å². The number of hydrogen-bond donors (Lipinski definition) is 1. The van der Waals surface area contributed by atoms with Gasteiger partial charge < -0.3 is 0 Å². The van der Waals surface area contributed by atoms with E-state index in [9.17, 15) is 9.59 Å². The van der Waals surface area contributed by atoms with Crippen molar-refractivity contribution >= 4 is 11.8 Å². The van der Waals surface area contributed by atoms with E-state index in [2.05, 4.69) is 5.32 Å². The van der Waals surface area contributed by atoms with Gasteiger partial charge in [0.25, 0.3) is 0 Å². The fraction of sp³-hybridized carbons (Fsp3) is 0.571. The van der Waals surface area contributed by atoms with Crippen molar-refractivity contribution in [2.75, 3.05) is 13.1 Å². The zero-order chi connectivity index (χ0) is 9.14. The number of rotatable bonds is 1. The second-order valence-electron chi connectivity index (χ2n) is 2.65. The van der Waals surface area contributed by atoms with Crippen molar-refractivity contribution in [2.45, 2.75) is 13.0 Å². The minimum absolute atomic E-state index is 0.111. The molecule has 0 spiro atoms. The van der Waals surface area contributed by atoms with E-state index in [0.29, 0.717) is 0 Å². The molecule has 0 aliphatic carbocycles. The molecule has 1 heterocycles. The number of imide groups is 1. The molecule has 0 aromatic carbocycles. The van der Waals surface area contributed by atoms with Crippen molar-refractivity contribution in [1.82, 2.24) is 10.2 Å². The molecule has 2 amide bonds. The molecule has 12 heavy (non-hydrogen) atoms. The lowest BCUT2D eigenvalue weighted by Crippen LogP contribution is -2.56. The van der Waals surface area contributed by atoms with Crippen LogP contribution in [0.3, 0.4) is 0 Å². The maximum absolute atomic E-state index is 11.0. The lowest BCUT2D eigenvalue weighted by molar-refractivity contribution is -0.139. The van der Waals surface area contributed by atoms with Crippen LogP contribution in [0.25, 0.3) is 0 Å². The van der Waals surface area contributed by atoms with E-state index < -0.39 is 0 Å². The number of hydrogen-bond acceptors (Lipinski definition) is 4. The lowest BCUT2D eigenvalue weighted by atomic mass is 10.2. The standard InChI is InChI=1S/C7H9N3O2/c1-5-7(12)9-6(11)4-10(5)3-2-8/h5H,3-4H2,1H3,(H,9,11,12). The first-order valence-corrected chi connectivity index (χ1v) is 3.60. The maximum atomic E-state index is 11.0. The highest BCUT2D eigenvalue weighted by Gasteiger charge is 2.29. The molecular formula is C7H9N3O2. The third-order valence-corrected chi connectivity index (χ3v) is 1.81. The number of nitrogens with one attached hydrogen (secondary N) is 1. The maximum Gasteiger partial charge on any atom is 0.243 e. The highest BCUT2D eigenvalue weighted by molar-refractivity contribution is 6.00. The van der Waals surface area contributed by atoms with Crippen molar-refractivity contribution in [3.63, 3.8) is 0 Å². The second-order valence-corrected chi connectivity index (χ2v) is 2.65. The summed E-state index contributed by atoms with van der Waals surface area (Å²) in [6.07, 6.45) is 0. The van der Waals surface area contributed by atoms with Crippen molar-refractivity contribution in [3.8, 4) is 6.07 Å². The summed E-state index contributed by atoms with van der Waals surface area (Å²) in [5.41, 5.74) is 0. The minimum atomic E-state index is -0.387. The van der Waals surface area contributed by atoms with Crippen LogP contribution in [0.4, 0.5) is 0 Å². The molecular weight excluding hydrogens is 158 g/mol. The minimum Gasteiger partial charge on any atom is -0.294 e. The van der Waals surface area contributed by atoms with Crippen molar-refractivity contribution in [1.29, 1.82) is 5.26 Å². The molecule has 0 saturated carbocycles. The van der Waals surface area contributed by atoms with Crippen molar-refractivity contribution in [2.24, 2.45) is 0 Å². The van der Waals surface area contributed by atoms with E-state index in [4.69, 9.17) is 5.26 Å². The molecule has 0 aromatic rings. The monoisotopic (exact) mass is 167 g/mol. The van der Waals surface area contributed by atoms with Gasteiger partial charge in [-0.3, -0.25) is 19.8 Å². The van der Waals surface area contributed by atoms with E-state index in [1.165, 1.54) is 4.90 Å². The SMILES string of the molecule is CC1C(=O)NC(=O)CN1CC#N. The summed E-state index contributed by atoms with van der Waals surface area (Å²) >= 11 is 0. The Morgan fingerprint density at radius 3 is 3.00 bits per heavy atom. The van der Waals surface area contributed by atoms with Gasteiger partial charge in [0, 0.05) is 0 Å². The Balaban J connectivity index is 2.67. The Kier molecular flexibility index (Phi) is 2.41. The molecule has 1 aliphatic rings. The summed E-state index contributed by atoms with van der Waals surface area (Å²) in [6, 6.07) is 1.52. The molecule has 0 radical (unpaired) electrons. The van der Waals surface area contributed by atoms with Crippen LogP contribution >= 0.6 is 0 Å². The van der Waals surface area contributed by atoms with Crippen LogP contribution in [-0.2, 0) is 9.59 Å². The van der Waals surface area contributed by atoms with Gasteiger partial charge in [-0.2, -0.15) is 5.26 Å². The third kappa shape index (κ3) is 1.60. The average molecular weight is 167 g/mol. The summed E-state index contributed by atoms with van der Waals surface area (Å²) in [5, 5.41) is 10.6. The molecule has 0 aromatic heterocycles. The van der Waals surface area contributed by atoms with Gasteiger partial charge in [-0.1, -0.05) is 0 Å². The molecule has 1 N–H and O–H groups in total. The van der Waals surface area contributed by atoms with Crippen LogP contribution in [0.2, 0.25) is 0 Å². The van der Waals surface area contributed by atoms with Gasteiger partial charge in [0.05, 0.1) is 25.2 Å². The topological polar surface area (TPSA) is 73.2 Å². The van der Waals surface area contributed by atoms with Crippen LogP contribution in [-0.4, -0.2) is 35.8 Å². The van der Waals surface area contributed by atoms with E-state index in [1.54, 1.807) is 6.92 Å². The van der Waals surface area contributed by atoms with Crippen LogP contribution in [0, 0.1) is 11.3 Å². The molecule has 1 unspecified atom stereocenters. The summed E-state index contributed by atoms with van der Waals surface area (Å²) in [5.74, 6) is -0.671. The quantitative estimate of drug-likeness (QED) is 0.395. The first kappa shape index (κ1) is 8.68. The number of carbonyl (C=O) groups is 2. The molecule has 1 aliphatic heterocycles. The number of nitriles is 1. The second kappa shape index (κ2) is 3.32. The normalized spacial score (nSPS) is 24.8. The van der Waals surface area contributed by atoms with Gasteiger partial charge >= 0.3 is 0 Å². The van der Waals surface area contributed by atoms with Crippen LogP contribution < -0.4 is 5.32 Å². The Morgan fingerprint density at radius 1 is 1.75 bits per heavy atom. The Labute approximate surface area is 69.9 Å². The molecule has 5 heteroatoms. The highest BCUT2D eigenvalue weighted by atomic mass is 16.2. The zero-order valence-corrected chi connectivity index (χ0v) is 6.70. The van der Waals surface area contributed by atoms with Gasteiger partial charge in [-0.25, -0.2) is 0 Å². The Morgan fingerprint density at radius 2 is 2.42 bits per heavy atom. The summed E-state index contributed by atoms with van der Waals surface area (Å²) in [6.45, 7) is 1.90. The Bertz CT molecular complexity index is 256. The van der Waals surface area contributed by atoms with Crippen molar-refractivity contribution in [3.05, 3.63) is 0 Å². The number of amides is 2. The summed E-state index contributed by atoms with van der Waals surface area (Å²) < 4.78 is 0. The van der Waals surface area contributed by atoms with Crippen LogP contribution in [0.1, 0.15) is 6.92 Å². The fourth-order valence-electron chi connectivity index (χ4n) is 1.05. The van der Waals surface area contributed by atoms with E-state index >= 15 is 0 Å². The van der Waals surface area contributed by atoms with E-state index in [1.807, 2.05) is 6.07 Å². The smallest absolute Gasteiger partial charge is 0.243 e. The van der Waals surface area contributed by atoms with Crippen LogP contribution in [0.5, 0.6) is 0 Å². The predicted molar refractivity (Wildman–Crippen MR) is 39.8 cm³/mol. The highest BCUT2D eigenvalue weighted by Crippen LogP contribution is 2.02. The third-order valence-electron chi connectivity index (χ3n) is 1.81. The van der Waals surface area contributed by atoms with Gasteiger partial charge in [-0.15, -0.1) is 0 Å². The Hall–Kier alpha value is -1.41. The molecule has 0 bridgehead atoms. The fourth-order valence-corrected chi connectivity index (χ4v) is 1.05. The van der Waals surface area contributed by atoms with Gasteiger partial charge in [0.2, 0.25) is 11.8 Å². The summed E-state index contributed by atoms with van der Waals surface area (Å²) in [7, 11) is 0. The summed E-state index contributed by atoms with van der Waals surface area (Å²) in [4.78, 5) is 23.4. The van der Waals surface area contributed by atoms with Crippen molar-refractivity contribution < 1.29 is 9.59 Å². The number of piperazine rings is 1. The molecule has 1 rings (SSSR count). The van der Waals surface area contributed by atoms with Gasteiger partial charge in [0.15, 0.2) is 0 Å². The zero-order valence-electron chi connectivity index (χ0n) is 6.70. The van der Waals surface area contributed by atoms with Crippen LogP contribution in [0.15, 0.2) is 0 Å². The molecule has 1 fully saturated rings. The molecule has 1 saturated heterocycles. The predicted octanol–water partition coefficient (Wildman–Crippen LogP) is -1.14. The number of carbonyl (C=O) groups excluding carboxylic acids is 2.